The minimum Gasteiger partial charge on any atom is -0.481 e. The number of halogens is 1. The van der Waals surface area contributed by atoms with Crippen molar-refractivity contribution in [1.29, 1.82) is 0 Å². The molecule has 1 atom stereocenters. The monoisotopic (exact) mass is 298 g/mol. The van der Waals surface area contributed by atoms with Gasteiger partial charge in [0.1, 0.15) is 11.9 Å². The molecule has 0 bridgehead atoms. The lowest BCUT2D eigenvalue weighted by molar-refractivity contribution is -0.140. The average molecular weight is 298 g/mol. The fourth-order valence-electron chi connectivity index (χ4n) is 1.62. The molecule has 0 radical (unpaired) electrons. The van der Waals surface area contributed by atoms with Gasteiger partial charge in [-0.2, -0.15) is 0 Å². The Hall–Kier alpha value is -2.64. The van der Waals surface area contributed by atoms with Gasteiger partial charge in [-0.3, -0.25) is 9.59 Å². The van der Waals surface area contributed by atoms with Crippen LogP contribution in [0.2, 0.25) is 0 Å². The molecule has 0 saturated carbocycles. The number of rotatable bonds is 7. The van der Waals surface area contributed by atoms with E-state index in [0.717, 1.165) is 6.07 Å². The van der Waals surface area contributed by atoms with Gasteiger partial charge in [-0.05, 0) is 24.6 Å². The number of hydrogen-bond acceptors (Lipinski definition) is 4. The van der Waals surface area contributed by atoms with Crippen molar-refractivity contribution in [3.8, 4) is 0 Å². The van der Waals surface area contributed by atoms with Crippen molar-refractivity contribution >= 4 is 23.5 Å². The fraction of sp³-hybridized carbons (Fsp3) is 0.308. The minimum atomic E-state index is -1.39. The number of benzene rings is 1. The summed E-state index contributed by atoms with van der Waals surface area (Å²) in [4.78, 5) is 33.2. The van der Waals surface area contributed by atoms with Crippen molar-refractivity contribution in [2.24, 2.45) is 0 Å². The summed E-state index contributed by atoms with van der Waals surface area (Å²) in [6, 6.07) is 2.39. The summed E-state index contributed by atoms with van der Waals surface area (Å²) in [6.07, 6.45) is -0.703. The first kappa shape index (κ1) is 16.4. The summed E-state index contributed by atoms with van der Waals surface area (Å²) >= 11 is 0. The molecule has 1 amide bonds. The molecule has 0 fully saturated rings. The SMILES string of the molecule is CNc1ccc(C(=O)N[C@@H](CCC(=O)O)C(=O)O)c(F)c1. The maximum absolute atomic E-state index is 13.7. The number of anilines is 1. The second-order valence-electron chi connectivity index (χ2n) is 4.24. The van der Waals surface area contributed by atoms with E-state index in [-0.39, 0.29) is 12.0 Å². The van der Waals surface area contributed by atoms with Crippen molar-refractivity contribution in [2.45, 2.75) is 18.9 Å². The molecule has 7 nitrogen and oxygen atoms in total. The molecule has 8 heteroatoms. The molecule has 0 unspecified atom stereocenters. The van der Waals surface area contributed by atoms with Gasteiger partial charge in [-0.25, -0.2) is 9.18 Å². The highest BCUT2D eigenvalue weighted by Crippen LogP contribution is 2.14. The molecule has 0 aliphatic heterocycles. The van der Waals surface area contributed by atoms with Crippen LogP contribution >= 0.6 is 0 Å². The molecular weight excluding hydrogens is 283 g/mol. The zero-order valence-electron chi connectivity index (χ0n) is 11.2. The molecule has 1 rings (SSSR count). The van der Waals surface area contributed by atoms with E-state index in [2.05, 4.69) is 10.6 Å². The smallest absolute Gasteiger partial charge is 0.326 e. The predicted molar refractivity (Wildman–Crippen MR) is 71.7 cm³/mol. The Morgan fingerprint density at radius 3 is 2.43 bits per heavy atom. The van der Waals surface area contributed by atoms with Gasteiger partial charge in [-0.15, -0.1) is 0 Å². The quantitative estimate of drug-likeness (QED) is 0.595. The van der Waals surface area contributed by atoms with Crippen LogP contribution in [0.1, 0.15) is 23.2 Å². The summed E-state index contributed by atoms with van der Waals surface area (Å²) in [5, 5.41) is 22.2. The highest BCUT2D eigenvalue weighted by Gasteiger charge is 2.23. The van der Waals surface area contributed by atoms with Gasteiger partial charge in [0.05, 0.1) is 5.56 Å². The molecule has 0 aromatic heterocycles. The third-order valence-corrected chi connectivity index (χ3v) is 2.75. The van der Waals surface area contributed by atoms with E-state index >= 15 is 0 Å². The Bertz CT molecular complexity index is 561. The zero-order chi connectivity index (χ0) is 16.0. The normalized spacial score (nSPS) is 11.5. The van der Waals surface area contributed by atoms with Crippen LogP contribution < -0.4 is 10.6 Å². The summed E-state index contributed by atoms with van der Waals surface area (Å²) < 4.78 is 13.7. The van der Waals surface area contributed by atoms with Crippen molar-refractivity contribution in [1.82, 2.24) is 5.32 Å². The van der Waals surface area contributed by atoms with Crippen LogP contribution in [0.4, 0.5) is 10.1 Å². The van der Waals surface area contributed by atoms with Gasteiger partial charge in [0.15, 0.2) is 0 Å². The number of carboxylic acid groups (broad SMARTS) is 2. The fourth-order valence-corrected chi connectivity index (χ4v) is 1.62. The zero-order valence-corrected chi connectivity index (χ0v) is 11.2. The number of nitrogens with one attached hydrogen (secondary N) is 2. The lowest BCUT2D eigenvalue weighted by atomic mass is 10.1. The largest absolute Gasteiger partial charge is 0.481 e. The van der Waals surface area contributed by atoms with E-state index in [9.17, 15) is 18.8 Å². The van der Waals surface area contributed by atoms with Crippen molar-refractivity contribution in [2.75, 3.05) is 12.4 Å². The third kappa shape index (κ3) is 4.75. The van der Waals surface area contributed by atoms with Gasteiger partial charge >= 0.3 is 11.9 Å². The third-order valence-electron chi connectivity index (χ3n) is 2.75. The molecule has 21 heavy (non-hydrogen) atoms. The van der Waals surface area contributed by atoms with Crippen LogP contribution in [0.25, 0.3) is 0 Å². The van der Waals surface area contributed by atoms with E-state index in [4.69, 9.17) is 10.2 Å². The number of carbonyl (C=O) groups excluding carboxylic acids is 1. The lowest BCUT2D eigenvalue weighted by Crippen LogP contribution is -2.41. The molecule has 0 aliphatic rings. The molecular formula is C13H15FN2O5. The number of amides is 1. The van der Waals surface area contributed by atoms with E-state index in [1.165, 1.54) is 12.1 Å². The molecule has 0 heterocycles. The van der Waals surface area contributed by atoms with Gasteiger partial charge in [0.25, 0.3) is 5.91 Å². The van der Waals surface area contributed by atoms with Crippen molar-refractivity contribution in [3.05, 3.63) is 29.6 Å². The van der Waals surface area contributed by atoms with Gasteiger partial charge in [0.2, 0.25) is 0 Å². The number of hydrogen-bond donors (Lipinski definition) is 4. The van der Waals surface area contributed by atoms with E-state index in [1.807, 2.05) is 0 Å². The summed E-state index contributed by atoms with van der Waals surface area (Å²) in [5.74, 6) is -4.27. The lowest BCUT2D eigenvalue weighted by Gasteiger charge is -2.14. The summed E-state index contributed by atoms with van der Waals surface area (Å²) in [5.41, 5.74) is 0.153. The molecule has 114 valence electrons. The van der Waals surface area contributed by atoms with E-state index < -0.39 is 36.1 Å². The average Bonchev–Trinajstić information content (AvgIpc) is 2.42. The Morgan fingerprint density at radius 1 is 1.29 bits per heavy atom. The maximum atomic E-state index is 13.7. The van der Waals surface area contributed by atoms with Crippen LogP contribution in [0.3, 0.4) is 0 Å². The first-order valence-electron chi connectivity index (χ1n) is 6.08. The van der Waals surface area contributed by atoms with E-state index in [1.54, 1.807) is 7.05 Å². The number of carboxylic acids is 2. The molecule has 1 aromatic carbocycles. The van der Waals surface area contributed by atoms with Crippen LogP contribution in [0.5, 0.6) is 0 Å². The minimum absolute atomic E-state index is 0.285. The first-order chi connectivity index (χ1) is 9.85. The summed E-state index contributed by atoms with van der Waals surface area (Å²) in [6.45, 7) is 0. The van der Waals surface area contributed by atoms with E-state index in [0.29, 0.717) is 5.69 Å². The van der Waals surface area contributed by atoms with Gasteiger partial charge in [0, 0.05) is 19.2 Å². The van der Waals surface area contributed by atoms with Crippen molar-refractivity contribution < 1.29 is 29.0 Å². The molecule has 0 spiro atoms. The Morgan fingerprint density at radius 2 is 1.95 bits per heavy atom. The van der Waals surface area contributed by atoms with Gasteiger partial charge in [-0.1, -0.05) is 0 Å². The Kier molecular flexibility index (Phi) is 5.65. The molecule has 1 aromatic rings. The Balaban J connectivity index is 2.82. The highest BCUT2D eigenvalue weighted by molar-refractivity contribution is 5.97. The van der Waals surface area contributed by atoms with Crippen LogP contribution in [0.15, 0.2) is 18.2 Å². The van der Waals surface area contributed by atoms with Crippen LogP contribution in [-0.2, 0) is 9.59 Å². The standard InChI is InChI=1S/C13H15FN2O5/c1-15-7-2-3-8(9(14)6-7)12(19)16-10(13(20)21)4-5-11(17)18/h2-3,6,10,15H,4-5H2,1H3,(H,16,19)(H,17,18)(H,20,21)/t10-/m0/s1. The summed E-state index contributed by atoms with van der Waals surface area (Å²) in [7, 11) is 1.58. The number of aliphatic carboxylic acids is 2. The van der Waals surface area contributed by atoms with Crippen LogP contribution in [-0.4, -0.2) is 41.1 Å². The predicted octanol–water partition coefficient (Wildman–Crippen LogP) is 0.915. The second-order valence-corrected chi connectivity index (χ2v) is 4.24. The van der Waals surface area contributed by atoms with Crippen molar-refractivity contribution in [3.63, 3.8) is 0 Å². The first-order valence-corrected chi connectivity index (χ1v) is 6.08. The second kappa shape index (κ2) is 7.22. The van der Waals surface area contributed by atoms with Crippen LogP contribution in [0, 0.1) is 5.82 Å². The highest BCUT2D eigenvalue weighted by atomic mass is 19.1. The number of carbonyl (C=O) groups is 3. The molecule has 0 aliphatic carbocycles. The molecule has 4 N–H and O–H groups in total. The van der Waals surface area contributed by atoms with Gasteiger partial charge < -0.3 is 20.8 Å². The topological polar surface area (TPSA) is 116 Å². The maximum Gasteiger partial charge on any atom is 0.326 e. The Labute approximate surface area is 119 Å². The molecule has 0 saturated heterocycles.